The summed E-state index contributed by atoms with van der Waals surface area (Å²) in [6.45, 7) is 1.80. The molecule has 2 N–H and O–H groups in total. The molecule has 0 radical (unpaired) electrons. The van der Waals surface area contributed by atoms with Gasteiger partial charge in [0.05, 0.1) is 25.9 Å². The maximum atomic E-state index is 13.0. The molecule has 2 aliphatic rings. The molecular formula is C25H26N4O4. The number of carboxylic acids is 1. The van der Waals surface area contributed by atoms with Gasteiger partial charge in [0.2, 0.25) is 5.91 Å². The summed E-state index contributed by atoms with van der Waals surface area (Å²) < 4.78 is 6.71. The Balaban J connectivity index is 1.49. The molecule has 8 nitrogen and oxygen atoms in total. The number of carbonyl (C=O) groups excluding carboxylic acids is 1. The van der Waals surface area contributed by atoms with Crippen molar-refractivity contribution in [3.05, 3.63) is 65.5 Å². The molecule has 1 unspecified atom stereocenters. The summed E-state index contributed by atoms with van der Waals surface area (Å²) in [5.41, 5.74) is 4.32. The summed E-state index contributed by atoms with van der Waals surface area (Å²) in [6.07, 6.45) is 4.16. The van der Waals surface area contributed by atoms with Crippen molar-refractivity contribution < 1.29 is 19.4 Å². The van der Waals surface area contributed by atoms with Gasteiger partial charge in [-0.25, -0.2) is 4.79 Å². The van der Waals surface area contributed by atoms with Crippen molar-refractivity contribution in [1.29, 1.82) is 0 Å². The van der Waals surface area contributed by atoms with Crippen molar-refractivity contribution in [2.75, 3.05) is 25.1 Å². The number of hydrogen-bond donors (Lipinski definition) is 2. The number of nitrogens with zero attached hydrogens (tertiary/aromatic N) is 3. The van der Waals surface area contributed by atoms with E-state index < -0.39 is 5.97 Å². The first kappa shape index (κ1) is 21.2. The Kier molecular flexibility index (Phi) is 5.60. The fourth-order valence-electron chi connectivity index (χ4n) is 4.83. The van der Waals surface area contributed by atoms with Gasteiger partial charge in [-0.05, 0) is 60.7 Å². The molecule has 170 valence electrons. The minimum Gasteiger partial charge on any atom is -0.497 e. The molecule has 0 bridgehead atoms. The second-order valence-electron chi connectivity index (χ2n) is 8.41. The Morgan fingerprint density at radius 2 is 2.00 bits per heavy atom. The highest BCUT2D eigenvalue weighted by molar-refractivity contribution is 6.01. The summed E-state index contributed by atoms with van der Waals surface area (Å²) in [6, 6.07) is 13.1. The molecule has 5 rings (SSSR count). The largest absolute Gasteiger partial charge is 0.497 e. The van der Waals surface area contributed by atoms with Crippen molar-refractivity contribution in [3.8, 4) is 16.9 Å². The second-order valence-corrected chi connectivity index (χ2v) is 8.41. The van der Waals surface area contributed by atoms with E-state index in [4.69, 9.17) is 4.74 Å². The fourth-order valence-corrected chi connectivity index (χ4v) is 4.83. The van der Waals surface area contributed by atoms with Crippen LogP contribution in [0.25, 0.3) is 11.1 Å². The Hall–Kier alpha value is -3.65. The topological polar surface area (TPSA) is 96.7 Å². The van der Waals surface area contributed by atoms with E-state index in [1.807, 2.05) is 47.4 Å². The number of hydrogen-bond acceptors (Lipinski definition) is 5. The number of rotatable bonds is 6. The number of aromatic nitrogens is 2. The average Bonchev–Trinajstić information content (AvgIpc) is 3.58. The molecule has 8 heteroatoms. The fraction of sp³-hybridized carbons (Fsp3) is 0.320. The van der Waals surface area contributed by atoms with Crippen LogP contribution in [-0.2, 0) is 17.8 Å². The van der Waals surface area contributed by atoms with Gasteiger partial charge >= 0.3 is 5.97 Å². The maximum Gasteiger partial charge on any atom is 0.354 e. The monoisotopic (exact) mass is 446 g/mol. The van der Waals surface area contributed by atoms with Crippen LogP contribution >= 0.6 is 0 Å². The van der Waals surface area contributed by atoms with Gasteiger partial charge < -0.3 is 20.1 Å². The maximum absolute atomic E-state index is 13.0. The van der Waals surface area contributed by atoms with E-state index in [1.165, 1.54) is 4.68 Å². The average molecular weight is 447 g/mol. The first-order valence-corrected chi connectivity index (χ1v) is 11.2. The van der Waals surface area contributed by atoms with E-state index in [9.17, 15) is 14.7 Å². The molecule has 2 aliphatic heterocycles. The molecule has 0 saturated carbocycles. The van der Waals surface area contributed by atoms with Gasteiger partial charge in [-0.15, -0.1) is 0 Å². The molecule has 2 aromatic carbocycles. The van der Waals surface area contributed by atoms with Crippen LogP contribution in [0.1, 0.15) is 34.5 Å². The zero-order chi connectivity index (χ0) is 22.9. The van der Waals surface area contributed by atoms with Gasteiger partial charge in [-0.2, -0.15) is 5.10 Å². The Morgan fingerprint density at radius 3 is 2.70 bits per heavy atom. The molecule has 1 fully saturated rings. The molecule has 1 amide bonds. The number of carboxylic acid groups (broad SMARTS) is 1. The highest BCUT2D eigenvalue weighted by Gasteiger charge is 2.33. The van der Waals surface area contributed by atoms with E-state index >= 15 is 0 Å². The zero-order valence-corrected chi connectivity index (χ0v) is 18.5. The third-order valence-electron chi connectivity index (χ3n) is 6.48. The van der Waals surface area contributed by atoms with Crippen molar-refractivity contribution in [2.45, 2.75) is 31.8 Å². The summed E-state index contributed by atoms with van der Waals surface area (Å²) in [7, 11) is 1.61. The molecule has 1 saturated heterocycles. The predicted molar refractivity (Wildman–Crippen MR) is 124 cm³/mol. The van der Waals surface area contributed by atoms with Gasteiger partial charge in [-0.1, -0.05) is 24.3 Å². The first-order chi connectivity index (χ1) is 16.1. The SMILES string of the molecule is COc1ccc(Cn2ncc(-c3cccc4c3CCN4C(=O)C3CCCN3)c2C(=O)O)cc1. The smallest absolute Gasteiger partial charge is 0.354 e. The zero-order valence-electron chi connectivity index (χ0n) is 18.5. The second kappa shape index (κ2) is 8.71. The lowest BCUT2D eigenvalue weighted by Crippen LogP contribution is -2.42. The quantitative estimate of drug-likeness (QED) is 0.604. The van der Waals surface area contributed by atoms with Crippen LogP contribution < -0.4 is 15.0 Å². The van der Waals surface area contributed by atoms with Crippen molar-refractivity contribution in [3.63, 3.8) is 0 Å². The first-order valence-electron chi connectivity index (χ1n) is 11.2. The van der Waals surface area contributed by atoms with Gasteiger partial charge in [-0.3, -0.25) is 9.48 Å². The standard InChI is InChI=1S/C25H26N4O4/c1-33-17-9-7-16(8-10-17)15-29-23(25(31)32)20(14-27-29)18-4-2-6-22-19(18)11-13-28(22)24(30)21-5-3-12-26-21/h2,4,6-10,14,21,26H,3,5,11-13,15H2,1H3,(H,31,32). The number of methoxy groups -OCH3 is 1. The Morgan fingerprint density at radius 1 is 1.18 bits per heavy atom. The number of carbonyl (C=O) groups is 2. The van der Waals surface area contributed by atoms with Crippen LogP contribution in [0.2, 0.25) is 0 Å². The number of anilines is 1. The number of ether oxygens (including phenoxy) is 1. The summed E-state index contributed by atoms with van der Waals surface area (Å²) in [4.78, 5) is 27.1. The highest BCUT2D eigenvalue weighted by atomic mass is 16.5. The minimum atomic E-state index is -1.03. The molecule has 33 heavy (non-hydrogen) atoms. The summed E-state index contributed by atoms with van der Waals surface area (Å²) >= 11 is 0. The van der Waals surface area contributed by atoms with Gasteiger partial charge in [0.1, 0.15) is 5.75 Å². The van der Waals surface area contributed by atoms with E-state index in [0.29, 0.717) is 25.1 Å². The normalized spacial score (nSPS) is 17.2. The number of aromatic carboxylic acids is 1. The van der Waals surface area contributed by atoms with Crippen molar-refractivity contribution >= 4 is 17.6 Å². The van der Waals surface area contributed by atoms with Crippen LogP contribution in [0.3, 0.4) is 0 Å². The van der Waals surface area contributed by atoms with Crippen molar-refractivity contribution in [1.82, 2.24) is 15.1 Å². The lowest BCUT2D eigenvalue weighted by Gasteiger charge is -2.21. The molecule has 0 spiro atoms. The minimum absolute atomic E-state index is 0.0945. The van der Waals surface area contributed by atoms with E-state index in [1.54, 1.807) is 13.3 Å². The van der Waals surface area contributed by atoms with E-state index in [0.717, 1.165) is 47.5 Å². The van der Waals surface area contributed by atoms with Gasteiger partial charge in [0.15, 0.2) is 5.69 Å². The predicted octanol–water partition coefficient (Wildman–Crippen LogP) is 2.95. The third-order valence-corrected chi connectivity index (χ3v) is 6.48. The van der Waals surface area contributed by atoms with E-state index in [-0.39, 0.29) is 17.6 Å². The molecule has 1 atom stereocenters. The lowest BCUT2D eigenvalue weighted by molar-refractivity contribution is -0.120. The van der Waals surface area contributed by atoms with Crippen molar-refractivity contribution in [2.24, 2.45) is 0 Å². The van der Waals surface area contributed by atoms with E-state index in [2.05, 4.69) is 10.4 Å². The number of amides is 1. The Labute approximate surface area is 191 Å². The molecular weight excluding hydrogens is 420 g/mol. The molecule has 1 aromatic heterocycles. The van der Waals surface area contributed by atoms with Gasteiger partial charge in [0.25, 0.3) is 0 Å². The summed E-state index contributed by atoms with van der Waals surface area (Å²) in [5.74, 6) is -0.197. The van der Waals surface area contributed by atoms with Crippen LogP contribution in [0, 0.1) is 0 Å². The molecule has 3 heterocycles. The Bertz CT molecular complexity index is 1200. The van der Waals surface area contributed by atoms with Crippen LogP contribution in [0.15, 0.2) is 48.7 Å². The third kappa shape index (κ3) is 3.87. The van der Waals surface area contributed by atoms with Gasteiger partial charge in [0, 0.05) is 17.8 Å². The summed E-state index contributed by atoms with van der Waals surface area (Å²) in [5, 5.41) is 17.7. The van der Waals surface area contributed by atoms with Crippen LogP contribution in [0.5, 0.6) is 5.75 Å². The van der Waals surface area contributed by atoms with Crippen LogP contribution in [-0.4, -0.2) is 53.0 Å². The molecule has 3 aromatic rings. The number of nitrogens with one attached hydrogen (secondary N) is 1. The number of benzene rings is 2. The highest BCUT2D eigenvalue weighted by Crippen LogP contribution is 2.38. The lowest BCUT2D eigenvalue weighted by atomic mass is 9.98. The number of fused-ring (bicyclic) bond motifs is 1. The molecule has 0 aliphatic carbocycles. The van der Waals surface area contributed by atoms with Crippen LogP contribution in [0.4, 0.5) is 5.69 Å².